The monoisotopic (exact) mass is 168 g/mol. The Morgan fingerprint density at radius 2 is 2.17 bits per heavy atom. The molecule has 0 aromatic rings. The van der Waals surface area contributed by atoms with Crippen LogP contribution in [0.25, 0.3) is 0 Å². The molecule has 0 radical (unpaired) electrons. The van der Waals surface area contributed by atoms with E-state index in [4.69, 9.17) is 0 Å². The Morgan fingerprint density at radius 3 is 2.75 bits per heavy atom. The lowest BCUT2D eigenvalue weighted by Crippen LogP contribution is -2.51. The minimum absolute atomic E-state index is 0.847. The van der Waals surface area contributed by atoms with Crippen molar-refractivity contribution in [2.45, 2.75) is 32.2 Å². The molecule has 0 bridgehead atoms. The molecule has 0 aromatic carbocycles. The fraction of sp³-hybridized carbons (Fsp3) is 1.00. The second-order valence-corrected chi connectivity index (χ2v) is 4.36. The zero-order valence-corrected chi connectivity index (χ0v) is 8.05. The van der Waals surface area contributed by atoms with E-state index >= 15 is 0 Å². The molecule has 0 aliphatic carbocycles. The Kier molecular flexibility index (Phi) is 2.66. The van der Waals surface area contributed by atoms with E-state index in [1.165, 1.54) is 45.4 Å². The molecule has 2 aliphatic rings. The normalized spacial score (nSPS) is 33.2. The molecule has 2 aliphatic heterocycles. The smallest absolute Gasteiger partial charge is 0.00670 e. The molecule has 2 rings (SSSR count). The highest BCUT2D eigenvalue weighted by Crippen LogP contribution is 2.18. The molecule has 0 saturated carbocycles. The average Bonchev–Trinajstić information content (AvgIpc) is 2.00. The number of nitrogens with zero attached hydrogens (tertiary/aromatic N) is 1. The lowest BCUT2D eigenvalue weighted by atomic mass is 9.98. The molecular weight excluding hydrogens is 148 g/mol. The molecule has 2 saturated heterocycles. The van der Waals surface area contributed by atoms with Crippen molar-refractivity contribution in [1.29, 1.82) is 0 Å². The number of hydrogen-bond acceptors (Lipinski definition) is 2. The maximum absolute atomic E-state index is 3.34. The lowest BCUT2D eigenvalue weighted by molar-refractivity contribution is 0.118. The molecule has 2 nitrogen and oxygen atoms in total. The van der Waals surface area contributed by atoms with Gasteiger partial charge in [-0.3, -0.25) is 0 Å². The SMILES string of the molecule is CC1CCCCN1CC1CNC1. The summed E-state index contributed by atoms with van der Waals surface area (Å²) < 4.78 is 0. The van der Waals surface area contributed by atoms with E-state index in [0.29, 0.717) is 0 Å². The van der Waals surface area contributed by atoms with Gasteiger partial charge in [0.1, 0.15) is 0 Å². The number of hydrogen-bond donors (Lipinski definition) is 1. The van der Waals surface area contributed by atoms with Crippen LogP contribution in [0.4, 0.5) is 0 Å². The summed E-state index contributed by atoms with van der Waals surface area (Å²) in [5.41, 5.74) is 0. The Balaban J connectivity index is 1.76. The highest BCUT2D eigenvalue weighted by molar-refractivity contribution is 4.81. The van der Waals surface area contributed by atoms with Crippen molar-refractivity contribution in [3.05, 3.63) is 0 Å². The van der Waals surface area contributed by atoms with Crippen molar-refractivity contribution in [2.24, 2.45) is 5.92 Å². The summed E-state index contributed by atoms with van der Waals surface area (Å²) in [6, 6.07) is 0.847. The zero-order valence-electron chi connectivity index (χ0n) is 8.05. The summed E-state index contributed by atoms with van der Waals surface area (Å²) in [7, 11) is 0. The van der Waals surface area contributed by atoms with E-state index in [-0.39, 0.29) is 0 Å². The van der Waals surface area contributed by atoms with E-state index in [2.05, 4.69) is 17.1 Å². The Hall–Kier alpha value is -0.0800. The first-order valence-electron chi connectivity index (χ1n) is 5.31. The summed E-state index contributed by atoms with van der Waals surface area (Å²) in [5, 5.41) is 3.34. The molecule has 12 heavy (non-hydrogen) atoms. The van der Waals surface area contributed by atoms with Crippen molar-refractivity contribution in [2.75, 3.05) is 26.2 Å². The molecule has 0 aromatic heterocycles. The van der Waals surface area contributed by atoms with Gasteiger partial charge in [-0.2, -0.15) is 0 Å². The fourth-order valence-electron chi connectivity index (χ4n) is 2.24. The highest BCUT2D eigenvalue weighted by atomic mass is 15.2. The topological polar surface area (TPSA) is 15.3 Å². The zero-order chi connectivity index (χ0) is 8.39. The average molecular weight is 168 g/mol. The number of rotatable bonds is 2. The molecule has 2 fully saturated rings. The number of likely N-dealkylation sites (tertiary alicyclic amines) is 1. The number of piperidine rings is 1. The van der Waals surface area contributed by atoms with Gasteiger partial charge in [0.15, 0.2) is 0 Å². The van der Waals surface area contributed by atoms with Crippen LogP contribution in [0, 0.1) is 5.92 Å². The van der Waals surface area contributed by atoms with E-state index in [1.807, 2.05) is 0 Å². The van der Waals surface area contributed by atoms with Gasteiger partial charge in [0, 0.05) is 25.7 Å². The first-order valence-corrected chi connectivity index (χ1v) is 5.31. The molecule has 0 spiro atoms. The fourth-order valence-corrected chi connectivity index (χ4v) is 2.24. The van der Waals surface area contributed by atoms with E-state index in [9.17, 15) is 0 Å². The van der Waals surface area contributed by atoms with Gasteiger partial charge in [-0.1, -0.05) is 6.42 Å². The van der Waals surface area contributed by atoms with Gasteiger partial charge >= 0.3 is 0 Å². The van der Waals surface area contributed by atoms with Gasteiger partial charge in [-0.25, -0.2) is 0 Å². The van der Waals surface area contributed by atoms with Crippen LogP contribution in [-0.4, -0.2) is 37.1 Å². The van der Waals surface area contributed by atoms with Crippen LogP contribution >= 0.6 is 0 Å². The van der Waals surface area contributed by atoms with Crippen molar-refractivity contribution in [3.63, 3.8) is 0 Å². The summed E-state index contributed by atoms with van der Waals surface area (Å²) in [5.74, 6) is 0.950. The first kappa shape index (κ1) is 8.52. The minimum Gasteiger partial charge on any atom is -0.316 e. The second-order valence-electron chi connectivity index (χ2n) is 4.36. The molecule has 70 valence electrons. The van der Waals surface area contributed by atoms with Crippen LogP contribution in [0.1, 0.15) is 26.2 Å². The molecule has 0 amide bonds. The molecule has 2 heteroatoms. The Labute approximate surface area is 75.3 Å². The van der Waals surface area contributed by atoms with Gasteiger partial charge in [0.25, 0.3) is 0 Å². The van der Waals surface area contributed by atoms with Crippen LogP contribution < -0.4 is 5.32 Å². The summed E-state index contributed by atoms with van der Waals surface area (Å²) in [6.45, 7) is 7.57. The van der Waals surface area contributed by atoms with Gasteiger partial charge in [-0.15, -0.1) is 0 Å². The molecular formula is C10H20N2. The molecule has 1 N–H and O–H groups in total. The third kappa shape index (κ3) is 1.80. The third-order valence-electron chi connectivity index (χ3n) is 3.30. The molecule has 1 unspecified atom stereocenters. The van der Waals surface area contributed by atoms with Crippen molar-refractivity contribution < 1.29 is 0 Å². The molecule has 1 atom stereocenters. The first-order chi connectivity index (χ1) is 5.86. The van der Waals surface area contributed by atoms with Gasteiger partial charge < -0.3 is 10.2 Å². The maximum Gasteiger partial charge on any atom is 0.00670 e. The largest absolute Gasteiger partial charge is 0.316 e. The highest BCUT2D eigenvalue weighted by Gasteiger charge is 2.24. The van der Waals surface area contributed by atoms with Gasteiger partial charge in [0.05, 0.1) is 0 Å². The third-order valence-corrected chi connectivity index (χ3v) is 3.30. The van der Waals surface area contributed by atoms with E-state index in [1.54, 1.807) is 0 Å². The van der Waals surface area contributed by atoms with Crippen LogP contribution in [0.15, 0.2) is 0 Å². The van der Waals surface area contributed by atoms with E-state index < -0.39 is 0 Å². The summed E-state index contributed by atoms with van der Waals surface area (Å²) >= 11 is 0. The predicted molar refractivity (Wildman–Crippen MR) is 51.2 cm³/mol. The van der Waals surface area contributed by atoms with Crippen molar-refractivity contribution >= 4 is 0 Å². The van der Waals surface area contributed by atoms with Crippen LogP contribution in [0.5, 0.6) is 0 Å². The van der Waals surface area contributed by atoms with Crippen LogP contribution in [0.2, 0.25) is 0 Å². The lowest BCUT2D eigenvalue weighted by Gasteiger charge is -2.38. The van der Waals surface area contributed by atoms with Gasteiger partial charge in [0.2, 0.25) is 0 Å². The second kappa shape index (κ2) is 3.75. The van der Waals surface area contributed by atoms with Crippen molar-refractivity contribution in [3.8, 4) is 0 Å². The van der Waals surface area contributed by atoms with Crippen molar-refractivity contribution in [1.82, 2.24) is 10.2 Å². The predicted octanol–water partition coefficient (Wildman–Crippen LogP) is 1.08. The quantitative estimate of drug-likeness (QED) is 0.664. The summed E-state index contributed by atoms with van der Waals surface area (Å²) in [6.07, 6.45) is 4.28. The number of nitrogens with one attached hydrogen (secondary N) is 1. The maximum atomic E-state index is 3.34. The minimum atomic E-state index is 0.847. The Bertz CT molecular complexity index is 143. The van der Waals surface area contributed by atoms with Gasteiger partial charge in [-0.05, 0) is 32.2 Å². The van der Waals surface area contributed by atoms with E-state index in [0.717, 1.165) is 12.0 Å². The van der Waals surface area contributed by atoms with Crippen LogP contribution in [-0.2, 0) is 0 Å². The standard InChI is InChI=1S/C10H20N2/c1-9-4-2-3-5-12(9)8-10-6-11-7-10/h9-11H,2-8H2,1H3. The Morgan fingerprint density at radius 1 is 1.33 bits per heavy atom. The van der Waals surface area contributed by atoms with Crippen LogP contribution in [0.3, 0.4) is 0 Å². The summed E-state index contributed by atoms with van der Waals surface area (Å²) in [4.78, 5) is 2.68. The molecule has 2 heterocycles.